The summed E-state index contributed by atoms with van der Waals surface area (Å²) in [7, 11) is 0. The van der Waals surface area contributed by atoms with Crippen LogP contribution in [-0.4, -0.2) is 35.9 Å². The summed E-state index contributed by atoms with van der Waals surface area (Å²) < 4.78 is 16.4. The first-order chi connectivity index (χ1) is 14.0. The summed E-state index contributed by atoms with van der Waals surface area (Å²) in [6, 6.07) is 13.2. The molecule has 0 spiro atoms. The van der Waals surface area contributed by atoms with Gasteiger partial charge in [-0.05, 0) is 58.8 Å². The lowest BCUT2D eigenvalue weighted by Gasteiger charge is -2.13. The molecule has 0 bridgehead atoms. The number of benzene rings is 2. The van der Waals surface area contributed by atoms with Gasteiger partial charge >= 0.3 is 0 Å². The molecule has 1 N–H and O–H groups in total. The summed E-state index contributed by atoms with van der Waals surface area (Å²) in [5.74, 6) is -0.584. The number of aromatic nitrogens is 6. The van der Waals surface area contributed by atoms with E-state index in [-0.39, 0.29) is 17.6 Å². The molecular formula is C20H18FN7O. The number of halogens is 1. The molecular weight excluding hydrogens is 373 g/mol. The van der Waals surface area contributed by atoms with Gasteiger partial charge in [0.1, 0.15) is 12.1 Å². The number of hydrogen-bond donors (Lipinski definition) is 1. The van der Waals surface area contributed by atoms with Crippen molar-refractivity contribution in [2.24, 2.45) is 0 Å². The molecule has 1 amide bonds. The molecule has 8 nitrogen and oxygen atoms in total. The minimum Gasteiger partial charge on any atom is -0.322 e. The van der Waals surface area contributed by atoms with Gasteiger partial charge in [-0.2, -0.15) is 5.10 Å². The van der Waals surface area contributed by atoms with Gasteiger partial charge in [-0.25, -0.2) is 13.8 Å². The number of anilines is 1. The van der Waals surface area contributed by atoms with Crippen LogP contribution in [0.5, 0.6) is 0 Å². The number of tetrazole rings is 1. The average Bonchev–Trinajstić information content (AvgIpc) is 3.39. The van der Waals surface area contributed by atoms with E-state index < -0.39 is 0 Å². The van der Waals surface area contributed by atoms with Crippen molar-refractivity contribution < 1.29 is 9.18 Å². The molecule has 4 aromatic rings. The van der Waals surface area contributed by atoms with Crippen molar-refractivity contribution in [2.75, 3.05) is 5.32 Å². The fraction of sp³-hybridized carbons (Fsp3) is 0.150. The first-order valence-electron chi connectivity index (χ1n) is 9.01. The third-order valence-corrected chi connectivity index (χ3v) is 4.39. The van der Waals surface area contributed by atoms with Crippen molar-refractivity contribution in [2.45, 2.75) is 19.8 Å². The second kappa shape index (κ2) is 7.63. The Labute approximate surface area is 166 Å². The third kappa shape index (κ3) is 3.75. The number of carbonyl (C=O) groups excluding carboxylic acids is 1. The predicted molar refractivity (Wildman–Crippen MR) is 105 cm³/mol. The molecule has 2 heterocycles. The molecule has 2 aromatic heterocycles. The molecule has 0 saturated carbocycles. The summed E-state index contributed by atoms with van der Waals surface area (Å²) in [6.07, 6.45) is 3.00. The highest BCUT2D eigenvalue weighted by atomic mass is 19.1. The Balaban J connectivity index is 1.64. The molecule has 0 atom stereocenters. The highest BCUT2D eigenvalue weighted by molar-refractivity contribution is 6.05. The van der Waals surface area contributed by atoms with Crippen LogP contribution in [0, 0.1) is 5.82 Å². The van der Waals surface area contributed by atoms with E-state index in [9.17, 15) is 9.18 Å². The van der Waals surface area contributed by atoms with E-state index in [4.69, 9.17) is 0 Å². The van der Waals surface area contributed by atoms with Gasteiger partial charge in [0.25, 0.3) is 5.91 Å². The van der Waals surface area contributed by atoms with E-state index in [1.54, 1.807) is 35.0 Å². The Hall–Kier alpha value is -3.88. The van der Waals surface area contributed by atoms with Crippen LogP contribution in [0.3, 0.4) is 0 Å². The van der Waals surface area contributed by atoms with E-state index in [0.717, 1.165) is 11.4 Å². The number of nitrogens with zero attached hydrogens (tertiary/aromatic N) is 6. The lowest BCUT2D eigenvalue weighted by atomic mass is 10.0. The molecule has 4 rings (SSSR count). The van der Waals surface area contributed by atoms with Gasteiger partial charge in [-0.3, -0.25) is 4.79 Å². The molecule has 0 unspecified atom stereocenters. The van der Waals surface area contributed by atoms with Crippen molar-refractivity contribution in [1.29, 1.82) is 0 Å². The van der Waals surface area contributed by atoms with E-state index in [1.165, 1.54) is 29.3 Å². The Morgan fingerprint density at radius 2 is 1.90 bits per heavy atom. The quantitative estimate of drug-likeness (QED) is 0.563. The van der Waals surface area contributed by atoms with Crippen LogP contribution in [0.15, 0.2) is 61.1 Å². The molecule has 29 heavy (non-hydrogen) atoms. The van der Waals surface area contributed by atoms with E-state index in [1.807, 2.05) is 19.9 Å². The second-order valence-electron chi connectivity index (χ2n) is 6.75. The van der Waals surface area contributed by atoms with Crippen molar-refractivity contribution in [3.8, 4) is 11.4 Å². The zero-order valence-electron chi connectivity index (χ0n) is 15.8. The predicted octanol–water partition coefficient (Wildman–Crippen LogP) is 3.36. The minimum absolute atomic E-state index is 0.0239. The molecule has 0 aliphatic carbocycles. The Morgan fingerprint density at radius 3 is 2.59 bits per heavy atom. The van der Waals surface area contributed by atoms with Crippen LogP contribution in [0.25, 0.3) is 11.4 Å². The van der Waals surface area contributed by atoms with Gasteiger partial charge in [-0.15, -0.1) is 5.10 Å². The standard InChI is InChI=1S/C20H18FN7O/c1-13(2)19-18(11-23-28(19)16-8-6-14(21)7-9-16)20(29)24-15-4-3-5-17(10-15)27-12-22-25-26-27/h3-13H,1-2H3,(H,24,29). The van der Waals surface area contributed by atoms with Crippen LogP contribution >= 0.6 is 0 Å². The van der Waals surface area contributed by atoms with Crippen LogP contribution in [0.2, 0.25) is 0 Å². The fourth-order valence-electron chi connectivity index (χ4n) is 3.08. The zero-order valence-corrected chi connectivity index (χ0v) is 15.8. The topological polar surface area (TPSA) is 90.5 Å². The summed E-state index contributed by atoms with van der Waals surface area (Å²) in [5.41, 5.74) is 3.21. The maximum Gasteiger partial charge on any atom is 0.259 e. The molecule has 0 aliphatic rings. The second-order valence-corrected chi connectivity index (χ2v) is 6.75. The molecule has 9 heteroatoms. The maximum atomic E-state index is 13.3. The number of amides is 1. The Morgan fingerprint density at radius 1 is 1.10 bits per heavy atom. The number of hydrogen-bond acceptors (Lipinski definition) is 5. The number of carbonyl (C=O) groups is 1. The van der Waals surface area contributed by atoms with Gasteiger partial charge < -0.3 is 5.32 Å². The van der Waals surface area contributed by atoms with Crippen LogP contribution in [-0.2, 0) is 0 Å². The third-order valence-electron chi connectivity index (χ3n) is 4.39. The molecule has 0 aliphatic heterocycles. The zero-order chi connectivity index (χ0) is 20.4. The SMILES string of the molecule is CC(C)c1c(C(=O)Nc2cccc(-n3cnnn3)c2)cnn1-c1ccc(F)cc1. The largest absolute Gasteiger partial charge is 0.322 e. The van der Waals surface area contributed by atoms with E-state index in [0.29, 0.717) is 16.9 Å². The maximum absolute atomic E-state index is 13.3. The summed E-state index contributed by atoms with van der Waals surface area (Å²) in [4.78, 5) is 13.0. The number of nitrogens with one attached hydrogen (secondary N) is 1. The van der Waals surface area contributed by atoms with Crippen molar-refractivity contribution in [1.82, 2.24) is 30.0 Å². The molecule has 0 saturated heterocycles. The van der Waals surface area contributed by atoms with Crippen molar-refractivity contribution in [3.63, 3.8) is 0 Å². The smallest absolute Gasteiger partial charge is 0.259 e. The van der Waals surface area contributed by atoms with Crippen molar-refractivity contribution in [3.05, 3.63) is 78.1 Å². The summed E-state index contributed by atoms with van der Waals surface area (Å²) in [6.45, 7) is 3.96. The lowest BCUT2D eigenvalue weighted by Crippen LogP contribution is -2.15. The first kappa shape index (κ1) is 18.5. The van der Waals surface area contributed by atoms with E-state index >= 15 is 0 Å². The summed E-state index contributed by atoms with van der Waals surface area (Å²) >= 11 is 0. The molecule has 146 valence electrons. The molecule has 0 fully saturated rings. The number of rotatable bonds is 5. The summed E-state index contributed by atoms with van der Waals surface area (Å²) in [5, 5.41) is 18.3. The van der Waals surface area contributed by atoms with Crippen LogP contribution in [0.4, 0.5) is 10.1 Å². The van der Waals surface area contributed by atoms with Gasteiger partial charge in [0.05, 0.1) is 28.8 Å². The van der Waals surface area contributed by atoms with Gasteiger partial charge in [0.15, 0.2) is 0 Å². The van der Waals surface area contributed by atoms with Gasteiger partial charge in [0, 0.05) is 5.69 Å². The minimum atomic E-state index is -0.326. The monoisotopic (exact) mass is 391 g/mol. The molecule has 2 aromatic carbocycles. The van der Waals surface area contributed by atoms with Crippen LogP contribution < -0.4 is 5.32 Å². The van der Waals surface area contributed by atoms with Gasteiger partial charge in [-0.1, -0.05) is 19.9 Å². The lowest BCUT2D eigenvalue weighted by molar-refractivity contribution is 0.102. The molecule has 0 radical (unpaired) electrons. The van der Waals surface area contributed by atoms with Crippen LogP contribution in [0.1, 0.15) is 35.8 Å². The highest BCUT2D eigenvalue weighted by Crippen LogP contribution is 2.24. The van der Waals surface area contributed by atoms with E-state index in [2.05, 4.69) is 25.9 Å². The Bertz CT molecular complexity index is 1130. The first-order valence-corrected chi connectivity index (χ1v) is 9.01. The van der Waals surface area contributed by atoms with Crippen molar-refractivity contribution >= 4 is 11.6 Å². The fourth-order valence-corrected chi connectivity index (χ4v) is 3.08. The highest BCUT2D eigenvalue weighted by Gasteiger charge is 2.21. The average molecular weight is 391 g/mol. The Kier molecular flexibility index (Phi) is 4.86. The van der Waals surface area contributed by atoms with Gasteiger partial charge in [0.2, 0.25) is 0 Å². The normalized spacial score (nSPS) is 11.0.